The third-order valence-corrected chi connectivity index (χ3v) is 2.07. The highest BCUT2D eigenvalue weighted by molar-refractivity contribution is 5.96. The van der Waals surface area contributed by atoms with E-state index in [0.29, 0.717) is 13.2 Å². The van der Waals surface area contributed by atoms with Crippen LogP contribution in [0.1, 0.15) is 6.92 Å². The van der Waals surface area contributed by atoms with E-state index in [1.54, 1.807) is 6.92 Å². The molecule has 1 heterocycles. The zero-order valence-electron chi connectivity index (χ0n) is 9.49. The first kappa shape index (κ1) is 14.5. The Kier molecular flexibility index (Phi) is 6.29. The Balaban J connectivity index is 0.000000385. The minimum Gasteiger partial charge on any atom is -0.366 e. The van der Waals surface area contributed by atoms with Gasteiger partial charge in [0.1, 0.15) is 5.60 Å². The Bertz CT molecular complexity index is 281. The van der Waals surface area contributed by atoms with Crippen molar-refractivity contribution in [2.75, 3.05) is 19.7 Å². The first-order valence-electron chi connectivity index (χ1n) is 4.89. The lowest BCUT2D eigenvalue weighted by molar-refractivity contribution is -0.140. The molecule has 1 aliphatic heterocycles. The predicted molar refractivity (Wildman–Crippen MR) is 61.8 cm³/mol. The van der Waals surface area contributed by atoms with E-state index in [0.717, 1.165) is 12.6 Å². The number of nitrogens with two attached hydrogens (primary N) is 1. The fourth-order valence-corrected chi connectivity index (χ4v) is 1.10. The molecule has 1 fully saturated rings. The molecular formula is C11H18N2O3. The lowest BCUT2D eigenvalue weighted by Crippen LogP contribution is -2.52. The number of hydrogen-bond acceptors (Lipinski definition) is 4. The van der Waals surface area contributed by atoms with Crippen LogP contribution in [0.3, 0.4) is 0 Å². The molecule has 0 aromatic carbocycles. The molecule has 0 spiro atoms. The summed E-state index contributed by atoms with van der Waals surface area (Å²) in [4.78, 5) is 20.7. The summed E-state index contributed by atoms with van der Waals surface area (Å²) in [5.41, 5.74) is 3.85. The van der Waals surface area contributed by atoms with Gasteiger partial charge in [-0.2, -0.15) is 0 Å². The number of morpholine rings is 1. The Morgan fingerprint density at radius 3 is 2.31 bits per heavy atom. The van der Waals surface area contributed by atoms with Gasteiger partial charge in [-0.1, -0.05) is 13.2 Å². The number of ketones is 1. The van der Waals surface area contributed by atoms with E-state index in [1.807, 2.05) is 0 Å². The second kappa shape index (κ2) is 6.92. The SMILES string of the molecule is C=CC(=O)C1(C)CNCCO1.C=CC(N)=O. The minimum atomic E-state index is -0.681. The summed E-state index contributed by atoms with van der Waals surface area (Å²) in [5.74, 6) is -0.533. The summed E-state index contributed by atoms with van der Waals surface area (Å²) in [6.07, 6.45) is 2.37. The summed E-state index contributed by atoms with van der Waals surface area (Å²) in [5, 5.41) is 3.10. The predicted octanol–water partition coefficient (Wildman–Crippen LogP) is -0.222. The topological polar surface area (TPSA) is 81.4 Å². The molecule has 1 aliphatic rings. The number of ether oxygens (including phenoxy) is 1. The van der Waals surface area contributed by atoms with E-state index in [9.17, 15) is 9.59 Å². The fourth-order valence-electron chi connectivity index (χ4n) is 1.10. The van der Waals surface area contributed by atoms with Crippen molar-refractivity contribution in [3.05, 3.63) is 25.3 Å². The first-order chi connectivity index (χ1) is 7.46. The minimum absolute atomic E-state index is 0.0512. The maximum Gasteiger partial charge on any atom is 0.240 e. The number of nitrogens with one attached hydrogen (secondary N) is 1. The molecule has 1 rings (SSSR count). The Hall–Kier alpha value is -1.46. The van der Waals surface area contributed by atoms with Gasteiger partial charge in [0.25, 0.3) is 0 Å². The van der Waals surface area contributed by atoms with E-state index in [1.165, 1.54) is 6.08 Å². The molecule has 0 bridgehead atoms. The van der Waals surface area contributed by atoms with E-state index in [2.05, 4.69) is 24.2 Å². The standard InChI is InChI=1S/C8H13NO2.C3H5NO/c1-3-7(10)8(2)6-9-4-5-11-8;1-2-3(4)5/h3,9H,1,4-6H2,2H3;2H,1H2,(H2,4,5). The van der Waals surface area contributed by atoms with Gasteiger partial charge in [-0.25, -0.2) is 0 Å². The Labute approximate surface area is 95.3 Å². The van der Waals surface area contributed by atoms with Gasteiger partial charge in [0.05, 0.1) is 6.61 Å². The van der Waals surface area contributed by atoms with E-state index in [-0.39, 0.29) is 5.78 Å². The summed E-state index contributed by atoms with van der Waals surface area (Å²) < 4.78 is 5.33. The zero-order chi connectivity index (χ0) is 12.6. The largest absolute Gasteiger partial charge is 0.366 e. The highest BCUT2D eigenvalue weighted by Gasteiger charge is 2.33. The quantitative estimate of drug-likeness (QED) is 0.652. The molecule has 90 valence electrons. The third kappa shape index (κ3) is 4.86. The van der Waals surface area contributed by atoms with Crippen molar-refractivity contribution in [3.8, 4) is 0 Å². The molecule has 0 aromatic rings. The van der Waals surface area contributed by atoms with Gasteiger partial charge in [-0.05, 0) is 19.1 Å². The normalized spacial score (nSPS) is 23.6. The number of rotatable bonds is 3. The highest BCUT2D eigenvalue weighted by Crippen LogP contribution is 2.13. The molecule has 16 heavy (non-hydrogen) atoms. The number of hydrogen-bond donors (Lipinski definition) is 2. The van der Waals surface area contributed by atoms with Gasteiger partial charge in [0, 0.05) is 13.1 Å². The maximum atomic E-state index is 11.2. The van der Waals surface area contributed by atoms with Crippen molar-refractivity contribution in [1.29, 1.82) is 0 Å². The molecule has 0 saturated carbocycles. The van der Waals surface area contributed by atoms with Gasteiger partial charge in [-0.15, -0.1) is 0 Å². The van der Waals surface area contributed by atoms with Crippen LogP contribution >= 0.6 is 0 Å². The Morgan fingerprint density at radius 2 is 2.00 bits per heavy atom. The van der Waals surface area contributed by atoms with E-state index in [4.69, 9.17) is 4.74 Å². The van der Waals surface area contributed by atoms with Crippen molar-refractivity contribution < 1.29 is 14.3 Å². The number of amides is 1. The summed E-state index contributed by atoms with van der Waals surface area (Å²) in [6, 6.07) is 0. The number of carbonyl (C=O) groups excluding carboxylic acids is 2. The summed E-state index contributed by atoms with van der Waals surface area (Å²) in [6.45, 7) is 10.3. The summed E-state index contributed by atoms with van der Waals surface area (Å²) >= 11 is 0. The van der Waals surface area contributed by atoms with Crippen LogP contribution < -0.4 is 11.1 Å². The first-order valence-corrected chi connectivity index (χ1v) is 4.89. The molecule has 3 N–H and O–H groups in total. The van der Waals surface area contributed by atoms with Crippen molar-refractivity contribution in [2.24, 2.45) is 5.73 Å². The molecule has 5 heteroatoms. The molecule has 0 radical (unpaired) electrons. The maximum absolute atomic E-state index is 11.2. The summed E-state index contributed by atoms with van der Waals surface area (Å²) in [7, 11) is 0. The van der Waals surface area contributed by atoms with Gasteiger partial charge in [0.15, 0.2) is 5.78 Å². The second-order valence-corrected chi connectivity index (χ2v) is 3.43. The van der Waals surface area contributed by atoms with Crippen LogP contribution in [0, 0.1) is 0 Å². The molecule has 1 amide bonds. The molecule has 1 atom stereocenters. The molecule has 5 nitrogen and oxygen atoms in total. The molecule has 0 aromatic heterocycles. The molecule has 1 unspecified atom stereocenters. The Morgan fingerprint density at radius 1 is 1.44 bits per heavy atom. The third-order valence-electron chi connectivity index (χ3n) is 2.07. The van der Waals surface area contributed by atoms with Gasteiger partial charge in [-0.3, -0.25) is 9.59 Å². The van der Waals surface area contributed by atoms with Crippen molar-refractivity contribution in [3.63, 3.8) is 0 Å². The highest BCUT2D eigenvalue weighted by atomic mass is 16.5. The average Bonchev–Trinajstić information content (AvgIpc) is 2.29. The second-order valence-electron chi connectivity index (χ2n) is 3.43. The van der Waals surface area contributed by atoms with Gasteiger partial charge in [0.2, 0.25) is 5.91 Å². The van der Waals surface area contributed by atoms with E-state index >= 15 is 0 Å². The van der Waals surface area contributed by atoms with Crippen LogP contribution in [0.4, 0.5) is 0 Å². The monoisotopic (exact) mass is 226 g/mol. The van der Waals surface area contributed by atoms with Crippen molar-refractivity contribution >= 4 is 11.7 Å². The van der Waals surface area contributed by atoms with Crippen LogP contribution in [0.2, 0.25) is 0 Å². The molecule has 1 saturated heterocycles. The lowest BCUT2D eigenvalue weighted by atomic mass is 9.99. The molecule has 0 aliphatic carbocycles. The number of primary amides is 1. The van der Waals surface area contributed by atoms with Crippen LogP contribution in [0.25, 0.3) is 0 Å². The van der Waals surface area contributed by atoms with Crippen LogP contribution in [0.15, 0.2) is 25.3 Å². The van der Waals surface area contributed by atoms with Gasteiger partial charge < -0.3 is 15.8 Å². The number of carbonyl (C=O) groups is 2. The zero-order valence-corrected chi connectivity index (χ0v) is 9.49. The lowest BCUT2D eigenvalue weighted by Gasteiger charge is -2.31. The van der Waals surface area contributed by atoms with Crippen LogP contribution in [-0.4, -0.2) is 37.0 Å². The fraction of sp³-hybridized carbons (Fsp3) is 0.455. The van der Waals surface area contributed by atoms with Crippen LogP contribution in [0.5, 0.6) is 0 Å². The molecular weight excluding hydrogens is 208 g/mol. The smallest absolute Gasteiger partial charge is 0.240 e. The van der Waals surface area contributed by atoms with Crippen molar-refractivity contribution in [1.82, 2.24) is 5.32 Å². The van der Waals surface area contributed by atoms with Crippen molar-refractivity contribution in [2.45, 2.75) is 12.5 Å². The van der Waals surface area contributed by atoms with Gasteiger partial charge >= 0.3 is 0 Å². The average molecular weight is 226 g/mol. The van der Waals surface area contributed by atoms with E-state index < -0.39 is 11.5 Å². The van der Waals surface area contributed by atoms with Crippen LogP contribution in [-0.2, 0) is 14.3 Å².